The number of amides is 3. The number of benzene rings is 1. The lowest BCUT2D eigenvalue weighted by Crippen LogP contribution is -2.38. The standard InChI is InChI=1S/C20H21FN2O3/c1-11-2-7-14(10-15(11)21)22-16(24)8-9-23-19(25)17-12-3-4-13(6-5-12)18(17)20(23)26/h2-4,7,10,12-13,17-18H,5-6,8-9H2,1H3,(H,22,24)/t12-,13-,17-,18-/m0/s1. The lowest BCUT2D eigenvalue weighted by molar-refractivity contribution is -0.140. The molecule has 5 nitrogen and oxygen atoms in total. The van der Waals surface area contributed by atoms with E-state index in [4.69, 9.17) is 0 Å². The molecule has 0 aromatic heterocycles. The minimum Gasteiger partial charge on any atom is -0.326 e. The third kappa shape index (κ3) is 2.73. The molecule has 1 saturated heterocycles. The topological polar surface area (TPSA) is 66.5 Å². The van der Waals surface area contributed by atoms with E-state index in [9.17, 15) is 18.8 Å². The molecule has 3 amide bonds. The minimum atomic E-state index is -0.389. The van der Waals surface area contributed by atoms with Crippen LogP contribution in [0.1, 0.15) is 24.8 Å². The van der Waals surface area contributed by atoms with Crippen LogP contribution in [-0.4, -0.2) is 29.2 Å². The Morgan fingerprint density at radius 3 is 2.31 bits per heavy atom. The van der Waals surface area contributed by atoms with E-state index < -0.39 is 0 Å². The molecule has 0 unspecified atom stereocenters. The van der Waals surface area contributed by atoms with Crippen molar-refractivity contribution in [1.29, 1.82) is 0 Å². The summed E-state index contributed by atoms with van der Waals surface area (Å²) in [5.74, 6) is -1.22. The Morgan fingerprint density at radius 1 is 1.15 bits per heavy atom. The number of anilines is 1. The lowest BCUT2D eigenvalue weighted by Gasteiger charge is -2.38. The van der Waals surface area contributed by atoms with Crippen LogP contribution in [0.5, 0.6) is 0 Å². The van der Waals surface area contributed by atoms with Crippen LogP contribution in [0, 0.1) is 36.4 Å². The highest BCUT2D eigenvalue weighted by molar-refractivity contribution is 6.06. The monoisotopic (exact) mass is 356 g/mol. The van der Waals surface area contributed by atoms with E-state index in [2.05, 4.69) is 17.5 Å². The van der Waals surface area contributed by atoms with Crippen molar-refractivity contribution in [3.63, 3.8) is 0 Å². The maximum atomic E-state index is 13.6. The van der Waals surface area contributed by atoms with Crippen LogP contribution in [0.25, 0.3) is 0 Å². The Balaban J connectivity index is 1.39. The average Bonchev–Trinajstić information content (AvgIpc) is 2.90. The van der Waals surface area contributed by atoms with Gasteiger partial charge in [0.05, 0.1) is 11.8 Å². The van der Waals surface area contributed by atoms with Gasteiger partial charge in [-0.25, -0.2) is 4.39 Å². The number of allylic oxidation sites excluding steroid dienone is 2. The van der Waals surface area contributed by atoms with Gasteiger partial charge in [0.1, 0.15) is 5.82 Å². The number of imide groups is 1. The highest BCUT2D eigenvalue weighted by Gasteiger charge is 2.56. The van der Waals surface area contributed by atoms with Gasteiger partial charge in [0, 0.05) is 18.7 Å². The number of nitrogens with zero attached hydrogens (tertiary/aromatic N) is 1. The highest BCUT2D eigenvalue weighted by atomic mass is 19.1. The number of nitrogens with one attached hydrogen (secondary N) is 1. The summed E-state index contributed by atoms with van der Waals surface area (Å²) >= 11 is 0. The summed E-state index contributed by atoms with van der Waals surface area (Å²) in [6.07, 6.45) is 6.06. The third-order valence-electron chi connectivity index (χ3n) is 5.87. The summed E-state index contributed by atoms with van der Waals surface area (Å²) in [5, 5.41) is 2.62. The predicted molar refractivity (Wildman–Crippen MR) is 93.4 cm³/mol. The predicted octanol–water partition coefficient (Wildman–Crippen LogP) is 2.66. The van der Waals surface area contributed by atoms with Crippen LogP contribution in [0.15, 0.2) is 30.4 Å². The molecule has 3 aliphatic carbocycles. The number of likely N-dealkylation sites (tertiary alicyclic amines) is 1. The molecule has 0 spiro atoms. The SMILES string of the molecule is Cc1ccc(NC(=O)CCN2C(=O)[C@@H]3[C@@H](C2=O)[C@H]2C=C[C@H]3CC2)cc1F. The second-order valence-corrected chi connectivity index (χ2v) is 7.43. The van der Waals surface area contributed by atoms with Crippen molar-refractivity contribution in [2.45, 2.75) is 26.2 Å². The molecule has 1 saturated carbocycles. The van der Waals surface area contributed by atoms with Crippen molar-refractivity contribution in [2.75, 3.05) is 11.9 Å². The van der Waals surface area contributed by atoms with E-state index in [1.54, 1.807) is 19.1 Å². The normalized spacial score (nSPS) is 29.2. The molecule has 1 N–H and O–H groups in total. The van der Waals surface area contributed by atoms with E-state index in [1.165, 1.54) is 11.0 Å². The summed E-state index contributed by atoms with van der Waals surface area (Å²) in [5.41, 5.74) is 0.871. The lowest BCUT2D eigenvalue weighted by atomic mass is 9.63. The number of halogens is 1. The zero-order valence-corrected chi connectivity index (χ0v) is 14.6. The van der Waals surface area contributed by atoms with Gasteiger partial charge in [0.2, 0.25) is 17.7 Å². The van der Waals surface area contributed by atoms with Gasteiger partial charge < -0.3 is 5.32 Å². The molecule has 2 fully saturated rings. The van der Waals surface area contributed by atoms with Crippen LogP contribution < -0.4 is 5.32 Å². The van der Waals surface area contributed by atoms with Gasteiger partial charge in [0.15, 0.2) is 0 Å². The molecular formula is C20H21FN2O3. The number of hydrogen-bond donors (Lipinski definition) is 1. The fourth-order valence-electron chi connectivity index (χ4n) is 4.46. The van der Waals surface area contributed by atoms with Gasteiger partial charge in [-0.15, -0.1) is 0 Å². The van der Waals surface area contributed by atoms with Gasteiger partial charge in [0.25, 0.3) is 0 Å². The molecule has 1 aromatic rings. The van der Waals surface area contributed by atoms with E-state index in [1.807, 2.05) is 0 Å². The first-order valence-corrected chi connectivity index (χ1v) is 9.05. The van der Waals surface area contributed by atoms with Gasteiger partial charge in [-0.1, -0.05) is 18.2 Å². The molecule has 1 aromatic carbocycles. The largest absolute Gasteiger partial charge is 0.326 e. The van der Waals surface area contributed by atoms with Gasteiger partial charge >= 0.3 is 0 Å². The first-order valence-electron chi connectivity index (χ1n) is 9.05. The molecule has 2 bridgehead atoms. The van der Waals surface area contributed by atoms with E-state index in [0.717, 1.165) is 12.8 Å². The molecule has 0 radical (unpaired) electrons. The molecule has 1 heterocycles. The van der Waals surface area contributed by atoms with E-state index in [0.29, 0.717) is 11.3 Å². The summed E-state index contributed by atoms with van der Waals surface area (Å²) in [7, 11) is 0. The van der Waals surface area contributed by atoms with Gasteiger partial charge in [-0.2, -0.15) is 0 Å². The Hall–Kier alpha value is -2.50. The highest BCUT2D eigenvalue weighted by Crippen LogP contribution is 2.49. The first kappa shape index (κ1) is 16.9. The van der Waals surface area contributed by atoms with Crippen molar-refractivity contribution in [2.24, 2.45) is 23.7 Å². The Kier molecular flexibility index (Phi) is 4.13. The third-order valence-corrected chi connectivity index (χ3v) is 5.87. The number of carbonyl (C=O) groups excluding carboxylic acids is 3. The number of aryl methyl sites for hydroxylation is 1. The van der Waals surface area contributed by atoms with Crippen molar-refractivity contribution >= 4 is 23.4 Å². The Morgan fingerprint density at radius 2 is 1.77 bits per heavy atom. The van der Waals surface area contributed by atoms with Crippen molar-refractivity contribution < 1.29 is 18.8 Å². The molecule has 136 valence electrons. The second kappa shape index (κ2) is 6.34. The second-order valence-electron chi connectivity index (χ2n) is 7.43. The maximum absolute atomic E-state index is 13.6. The molecule has 26 heavy (non-hydrogen) atoms. The minimum absolute atomic E-state index is 0.00910. The fraction of sp³-hybridized carbons (Fsp3) is 0.450. The first-order chi connectivity index (χ1) is 12.5. The van der Waals surface area contributed by atoms with Crippen LogP contribution in [0.4, 0.5) is 10.1 Å². The maximum Gasteiger partial charge on any atom is 0.233 e. The van der Waals surface area contributed by atoms with Gasteiger partial charge in [-0.3, -0.25) is 19.3 Å². The fourth-order valence-corrected chi connectivity index (χ4v) is 4.46. The number of hydrogen-bond acceptors (Lipinski definition) is 3. The van der Waals surface area contributed by atoms with Crippen molar-refractivity contribution in [3.8, 4) is 0 Å². The molecule has 5 rings (SSSR count). The Bertz CT molecular complexity index is 787. The quantitative estimate of drug-likeness (QED) is 0.666. The van der Waals surface area contributed by atoms with Crippen LogP contribution in [0.2, 0.25) is 0 Å². The molecule has 1 aliphatic heterocycles. The van der Waals surface area contributed by atoms with Crippen molar-refractivity contribution in [1.82, 2.24) is 4.90 Å². The number of rotatable bonds is 4. The summed E-state index contributed by atoms with van der Waals surface area (Å²) in [6.45, 7) is 1.72. The van der Waals surface area contributed by atoms with Crippen LogP contribution in [0.3, 0.4) is 0 Å². The molecular weight excluding hydrogens is 335 g/mol. The number of fused-ring (bicyclic) bond motifs is 1. The summed E-state index contributed by atoms with van der Waals surface area (Å²) in [4.78, 5) is 38.8. The van der Waals surface area contributed by atoms with Gasteiger partial charge in [-0.05, 0) is 49.3 Å². The molecule has 6 heteroatoms. The molecule has 4 atom stereocenters. The van der Waals surface area contributed by atoms with Crippen LogP contribution in [-0.2, 0) is 14.4 Å². The zero-order chi connectivity index (χ0) is 18.4. The smallest absolute Gasteiger partial charge is 0.233 e. The average molecular weight is 356 g/mol. The zero-order valence-electron chi connectivity index (χ0n) is 14.6. The number of carbonyl (C=O) groups is 3. The van der Waals surface area contributed by atoms with E-state index in [-0.39, 0.29) is 60.2 Å². The summed E-state index contributed by atoms with van der Waals surface area (Å²) in [6, 6.07) is 4.48. The summed E-state index contributed by atoms with van der Waals surface area (Å²) < 4.78 is 13.6. The van der Waals surface area contributed by atoms with Crippen molar-refractivity contribution in [3.05, 3.63) is 41.7 Å². The molecule has 4 aliphatic rings. The Labute approximate surface area is 151 Å². The van der Waals surface area contributed by atoms with Crippen LogP contribution >= 0.6 is 0 Å². The van der Waals surface area contributed by atoms with E-state index >= 15 is 0 Å².